The minimum absolute atomic E-state index is 0.124. The lowest BCUT2D eigenvalue weighted by molar-refractivity contribution is 0.581. The Morgan fingerprint density at radius 1 is 1.29 bits per heavy atom. The van der Waals surface area contributed by atoms with E-state index in [0.29, 0.717) is 0 Å². The van der Waals surface area contributed by atoms with E-state index < -0.39 is 0 Å². The molecule has 0 fully saturated rings. The second-order valence-electron chi connectivity index (χ2n) is 4.40. The van der Waals surface area contributed by atoms with Gasteiger partial charge in [0.2, 0.25) is 0 Å². The van der Waals surface area contributed by atoms with Crippen LogP contribution in [0, 0.1) is 0 Å². The van der Waals surface area contributed by atoms with E-state index in [1.54, 1.807) is 11.5 Å². The molecule has 1 nitrogen and oxygen atoms in total. The van der Waals surface area contributed by atoms with E-state index in [2.05, 4.69) is 59.3 Å². The highest BCUT2D eigenvalue weighted by molar-refractivity contribution is 9.10. The van der Waals surface area contributed by atoms with Gasteiger partial charge in [-0.15, -0.1) is 0 Å². The van der Waals surface area contributed by atoms with Gasteiger partial charge in [-0.2, -0.15) is 4.37 Å². The third kappa shape index (κ3) is 1.59. The maximum absolute atomic E-state index is 4.54. The lowest BCUT2D eigenvalue weighted by atomic mass is 9.90. The summed E-state index contributed by atoms with van der Waals surface area (Å²) < 4.78 is 6.93. The zero-order chi connectivity index (χ0) is 10.3. The van der Waals surface area contributed by atoms with Crippen LogP contribution in [0.5, 0.6) is 0 Å². The van der Waals surface area contributed by atoms with Gasteiger partial charge in [-0.3, -0.25) is 0 Å². The molecule has 0 N–H and O–H groups in total. The van der Waals surface area contributed by atoms with E-state index in [9.17, 15) is 0 Å². The molecule has 1 heterocycles. The standard InChI is InChI=1S/C11H12BrNS/c1-11(2,3)10-7-5-4-6-8(12)9(7)14-13-10/h4-6H,1-3H3. The van der Waals surface area contributed by atoms with Crippen molar-refractivity contribution in [1.82, 2.24) is 4.37 Å². The Morgan fingerprint density at radius 3 is 2.64 bits per heavy atom. The van der Waals surface area contributed by atoms with Gasteiger partial charge < -0.3 is 0 Å². The van der Waals surface area contributed by atoms with Crippen molar-refractivity contribution in [2.45, 2.75) is 26.2 Å². The summed E-state index contributed by atoms with van der Waals surface area (Å²) in [5.41, 5.74) is 1.32. The van der Waals surface area contributed by atoms with E-state index in [0.717, 1.165) is 4.47 Å². The lowest BCUT2D eigenvalue weighted by Gasteiger charge is -2.15. The molecular weight excluding hydrogens is 258 g/mol. The van der Waals surface area contributed by atoms with Crippen molar-refractivity contribution in [2.24, 2.45) is 0 Å². The average molecular weight is 270 g/mol. The Kier molecular flexibility index (Phi) is 2.40. The normalized spacial score (nSPS) is 12.3. The summed E-state index contributed by atoms with van der Waals surface area (Å²) in [5.74, 6) is 0. The molecule has 1 aromatic heterocycles. The number of aromatic nitrogens is 1. The van der Waals surface area contributed by atoms with E-state index in [1.807, 2.05) is 0 Å². The first kappa shape index (κ1) is 10.1. The fourth-order valence-corrected chi connectivity index (χ4v) is 3.03. The monoisotopic (exact) mass is 269 g/mol. The van der Waals surface area contributed by atoms with Crippen LogP contribution in [-0.2, 0) is 5.41 Å². The Morgan fingerprint density at radius 2 is 2.00 bits per heavy atom. The highest BCUT2D eigenvalue weighted by atomic mass is 79.9. The molecule has 0 aliphatic carbocycles. The third-order valence-corrected chi connectivity index (χ3v) is 3.98. The van der Waals surface area contributed by atoms with Crippen LogP contribution in [0.2, 0.25) is 0 Å². The van der Waals surface area contributed by atoms with Gasteiger partial charge in [-0.1, -0.05) is 32.9 Å². The molecule has 3 heteroatoms. The minimum Gasteiger partial charge on any atom is -0.196 e. The van der Waals surface area contributed by atoms with E-state index in [1.165, 1.54) is 15.8 Å². The van der Waals surface area contributed by atoms with Gasteiger partial charge in [0.25, 0.3) is 0 Å². The molecular formula is C11H12BrNS. The van der Waals surface area contributed by atoms with Gasteiger partial charge in [0.15, 0.2) is 0 Å². The molecule has 2 aromatic rings. The Hall–Kier alpha value is -0.410. The average Bonchev–Trinajstić information content (AvgIpc) is 2.47. The first-order valence-corrected chi connectivity index (χ1v) is 6.11. The van der Waals surface area contributed by atoms with Gasteiger partial charge in [-0.05, 0) is 33.5 Å². The van der Waals surface area contributed by atoms with Crippen LogP contribution >= 0.6 is 27.5 Å². The number of nitrogens with zero attached hydrogens (tertiary/aromatic N) is 1. The van der Waals surface area contributed by atoms with Crippen molar-refractivity contribution in [1.29, 1.82) is 0 Å². The maximum Gasteiger partial charge on any atom is 0.0695 e. The molecule has 0 spiro atoms. The van der Waals surface area contributed by atoms with Crippen LogP contribution in [-0.4, -0.2) is 4.37 Å². The maximum atomic E-state index is 4.54. The Bertz CT molecular complexity index is 468. The number of benzene rings is 1. The quantitative estimate of drug-likeness (QED) is 0.693. The lowest BCUT2D eigenvalue weighted by Crippen LogP contribution is -2.11. The molecule has 0 saturated heterocycles. The largest absolute Gasteiger partial charge is 0.196 e. The molecule has 0 aliphatic heterocycles. The van der Waals surface area contributed by atoms with Crippen LogP contribution in [0.4, 0.5) is 0 Å². The van der Waals surface area contributed by atoms with Crippen LogP contribution in [0.3, 0.4) is 0 Å². The molecule has 0 unspecified atom stereocenters. The highest BCUT2D eigenvalue weighted by Crippen LogP contribution is 2.35. The predicted octanol–water partition coefficient (Wildman–Crippen LogP) is 4.36. The van der Waals surface area contributed by atoms with Gasteiger partial charge >= 0.3 is 0 Å². The Balaban J connectivity index is 2.76. The van der Waals surface area contributed by atoms with Crippen LogP contribution < -0.4 is 0 Å². The number of hydrogen-bond acceptors (Lipinski definition) is 2. The van der Waals surface area contributed by atoms with Crippen molar-refractivity contribution in [2.75, 3.05) is 0 Å². The molecule has 0 amide bonds. The number of halogens is 1. The van der Waals surface area contributed by atoms with Crippen molar-refractivity contribution < 1.29 is 0 Å². The van der Waals surface area contributed by atoms with Gasteiger partial charge in [0, 0.05) is 15.3 Å². The topological polar surface area (TPSA) is 12.9 Å². The fraction of sp³-hybridized carbons (Fsp3) is 0.364. The SMILES string of the molecule is CC(C)(C)c1nsc2c(Br)cccc12. The smallest absolute Gasteiger partial charge is 0.0695 e. The molecule has 14 heavy (non-hydrogen) atoms. The molecule has 0 radical (unpaired) electrons. The predicted molar refractivity (Wildman–Crippen MR) is 66.0 cm³/mol. The molecule has 1 aromatic carbocycles. The van der Waals surface area contributed by atoms with Gasteiger partial charge in [-0.25, -0.2) is 0 Å². The van der Waals surface area contributed by atoms with Crippen molar-refractivity contribution >= 4 is 37.5 Å². The van der Waals surface area contributed by atoms with Crippen molar-refractivity contribution in [3.8, 4) is 0 Å². The van der Waals surface area contributed by atoms with E-state index >= 15 is 0 Å². The number of hydrogen-bond donors (Lipinski definition) is 0. The summed E-state index contributed by atoms with van der Waals surface area (Å²) in [6.45, 7) is 6.59. The van der Waals surface area contributed by atoms with E-state index in [-0.39, 0.29) is 5.41 Å². The van der Waals surface area contributed by atoms with E-state index in [4.69, 9.17) is 0 Å². The first-order chi connectivity index (χ1) is 6.50. The van der Waals surface area contributed by atoms with Crippen molar-refractivity contribution in [3.05, 3.63) is 28.4 Å². The highest BCUT2D eigenvalue weighted by Gasteiger charge is 2.20. The zero-order valence-electron chi connectivity index (χ0n) is 8.47. The molecule has 0 bridgehead atoms. The summed E-state index contributed by atoms with van der Waals surface area (Å²) in [4.78, 5) is 0. The third-order valence-electron chi connectivity index (χ3n) is 2.16. The molecule has 74 valence electrons. The summed E-state index contributed by atoms with van der Waals surface area (Å²) in [6.07, 6.45) is 0. The van der Waals surface area contributed by atoms with Crippen LogP contribution in [0.1, 0.15) is 26.5 Å². The van der Waals surface area contributed by atoms with Crippen LogP contribution in [0.25, 0.3) is 10.1 Å². The first-order valence-electron chi connectivity index (χ1n) is 4.54. The zero-order valence-corrected chi connectivity index (χ0v) is 10.9. The molecule has 0 aliphatic rings. The van der Waals surface area contributed by atoms with Gasteiger partial charge in [0.05, 0.1) is 10.4 Å². The molecule has 0 saturated carbocycles. The Labute approximate surface area is 96.4 Å². The number of fused-ring (bicyclic) bond motifs is 1. The fourth-order valence-electron chi connectivity index (χ4n) is 1.47. The van der Waals surface area contributed by atoms with Gasteiger partial charge in [0.1, 0.15) is 0 Å². The summed E-state index contributed by atoms with van der Waals surface area (Å²) in [5, 5.41) is 1.27. The second-order valence-corrected chi connectivity index (χ2v) is 6.03. The second kappa shape index (κ2) is 3.31. The molecule has 0 atom stereocenters. The number of rotatable bonds is 0. The molecule has 2 rings (SSSR count). The van der Waals surface area contributed by atoms with Crippen molar-refractivity contribution in [3.63, 3.8) is 0 Å². The summed E-state index contributed by atoms with van der Waals surface area (Å²) >= 11 is 5.12. The van der Waals surface area contributed by atoms with Crippen LogP contribution in [0.15, 0.2) is 22.7 Å². The minimum atomic E-state index is 0.124. The summed E-state index contributed by atoms with van der Waals surface area (Å²) in [6, 6.07) is 6.27. The summed E-state index contributed by atoms with van der Waals surface area (Å²) in [7, 11) is 0.